The molecule has 2 rings (SSSR count). The van der Waals surface area contributed by atoms with E-state index in [2.05, 4.69) is 5.32 Å². The van der Waals surface area contributed by atoms with E-state index in [-0.39, 0.29) is 12.3 Å². The molecule has 0 aliphatic heterocycles. The molecule has 0 aliphatic carbocycles. The van der Waals surface area contributed by atoms with Crippen LogP contribution in [-0.2, 0) is 15.6 Å². The Morgan fingerprint density at radius 2 is 1.90 bits per heavy atom. The largest absolute Gasteiger partial charge is 0.497 e. The molecule has 1 unspecified atom stereocenters. The smallest absolute Gasteiger partial charge is 0.225 e. The number of nitrogens with one attached hydrogen (secondary N) is 1. The SMILES string of the molecule is COc1cccc(NC(=O)CCS(=O)c2ccccc2)c1. The van der Waals surface area contributed by atoms with Crippen LogP contribution in [0.15, 0.2) is 59.5 Å². The van der Waals surface area contributed by atoms with Crippen molar-refractivity contribution in [3.05, 3.63) is 54.6 Å². The van der Waals surface area contributed by atoms with Gasteiger partial charge in [-0.15, -0.1) is 0 Å². The van der Waals surface area contributed by atoms with Crippen LogP contribution in [0.25, 0.3) is 0 Å². The van der Waals surface area contributed by atoms with Gasteiger partial charge in [-0.05, 0) is 24.3 Å². The Kier molecular flexibility index (Phi) is 5.51. The van der Waals surface area contributed by atoms with E-state index in [1.165, 1.54) is 0 Å². The molecule has 2 aromatic carbocycles. The van der Waals surface area contributed by atoms with E-state index >= 15 is 0 Å². The quantitative estimate of drug-likeness (QED) is 0.893. The molecule has 1 N–H and O–H groups in total. The lowest BCUT2D eigenvalue weighted by Gasteiger charge is -2.07. The van der Waals surface area contributed by atoms with Gasteiger partial charge in [-0.25, -0.2) is 0 Å². The second kappa shape index (κ2) is 7.59. The molecule has 0 heterocycles. The van der Waals surface area contributed by atoms with Crippen LogP contribution in [0.3, 0.4) is 0 Å². The summed E-state index contributed by atoms with van der Waals surface area (Å²) in [4.78, 5) is 12.6. The molecule has 110 valence electrons. The van der Waals surface area contributed by atoms with Crippen LogP contribution in [0.2, 0.25) is 0 Å². The van der Waals surface area contributed by atoms with Gasteiger partial charge >= 0.3 is 0 Å². The van der Waals surface area contributed by atoms with Crippen molar-refractivity contribution >= 4 is 22.4 Å². The fourth-order valence-electron chi connectivity index (χ4n) is 1.80. The predicted molar refractivity (Wildman–Crippen MR) is 84.0 cm³/mol. The maximum absolute atomic E-state index is 12.0. The maximum Gasteiger partial charge on any atom is 0.225 e. The highest BCUT2D eigenvalue weighted by Crippen LogP contribution is 2.17. The van der Waals surface area contributed by atoms with Crippen LogP contribution in [0.1, 0.15) is 6.42 Å². The molecule has 0 fully saturated rings. The molecule has 1 amide bonds. The summed E-state index contributed by atoms with van der Waals surface area (Å²) in [5, 5.41) is 2.77. The molecule has 2 aromatic rings. The molecule has 0 radical (unpaired) electrons. The molecule has 21 heavy (non-hydrogen) atoms. The van der Waals surface area contributed by atoms with Gasteiger partial charge in [0.15, 0.2) is 0 Å². The minimum Gasteiger partial charge on any atom is -0.497 e. The molecule has 0 saturated carbocycles. The van der Waals surface area contributed by atoms with Crippen LogP contribution in [0.5, 0.6) is 5.75 Å². The Morgan fingerprint density at radius 1 is 1.14 bits per heavy atom. The zero-order valence-electron chi connectivity index (χ0n) is 11.7. The van der Waals surface area contributed by atoms with Gasteiger partial charge in [0, 0.05) is 28.8 Å². The van der Waals surface area contributed by atoms with Crippen molar-refractivity contribution < 1.29 is 13.7 Å². The average molecular weight is 303 g/mol. The van der Waals surface area contributed by atoms with Gasteiger partial charge in [-0.1, -0.05) is 24.3 Å². The summed E-state index contributed by atoms with van der Waals surface area (Å²) >= 11 is 0. The van der Waals surface area contributed by atoms with Crippen molar-refractivity contribution in [3.8, 4) is 5.75 Å². The number of rotatable bonds is 6. The molecular formula is C16H17NO3S. The lowest BCUT2D eigenvalue weighted by molar-refractivity contribution is -0.115. The first kappa shape index (κ1) is 15.3. The number of amides is 1. The summed E-state index contributed by atoms with van der Waals surface area (Å²) in [6.07, 6.45) is 0.207. The third-order valence-corrected chi connectivity index (χ3v) is 4.25. The lowest BCUT2D eigenvalue weighted by Crippen LogP contribution is -2.14. The number of hydrogen-bond acceptors (Lipinski definition) is 3. The molecule has 4 nitrogen and oxygen atoms in total. The topological polar surface area (TPSA) is 55.4 Å². The van der Waals surface area contributed by atoms with E-state index in [0.717, 1.165) is 4.90 Å². The van der Waals surface area contributed by atoms with E-state index in [9.17, 15) is 9.00 Å². The molecule has 1 atom stereocenters. The van der Waals surface area contributed by atoms with E-state index in [1.807, 2.05) is 18.2 Å². The van der Waals surface area contributed by atoms with Gasteiger partial charge in [-0.2, -0.15) is 0 Å². The standard InChI is InChI=1S/C16H17NO3S/c1-20-14-7-5-6-13(12-14)17-16(18)10-11-21(19)15-8-3-2-4-9-15/h2-9,12H,10-11H2,1H3,(H,17,18). The summed E-state index contributed by atoms with van der Waals surface area (Å²) in [6.45, 7) is 0. The zero-order chi connectivity index (χ0) is 15.1. The average Bonchev–Trinajstić information content (AvgIpc) is 2.53. The number of carbonyl (C=O) groups is 1. The lowest BCUT2D eigenvalue weighted by atomic mass is 10.3. The van der Waals surface area contributed by atoms with Crippen molar-refractivity contribution in [2.45, 2.75) is 11.3 Å². The molecule has 0 aromatic heterocycles. The molecule has 5 heteroatoms. The van der Waals surface area contributed by atoms with E-state index in [0.29, 0.717) is 17.2 Å². The van der Waals surface area contributed by atoms with E-state index in [1.54, 1.807) is 43.5 Å². The number of ether oxygens (including phenoxy) is 1. The summed E-state index contributed by atoms with van der Waals surface area (Å²) in [5.41, 5.74) is 0.671. The van der Waals surface area contributed by atoms with Gasteiger partial charge in [0.05, 0.1) is 17.9 Å². The Balaban J connectivity index is 1.86. The van der Waals surface area contributed by atoms with Crippen LogP contribution in [0.4, 0.5) is 5.69 Å². The minimum absolute atomic E-state index is 0.160. The first-order valence-corrected chi connectivity index (χ1v) is 7.88. The van der Waals surface area contributed by atoms with Crippen molar-refractivity contribution in [1.29, 1.82) is 0 Å². The normalized spacial score (nSPS) is 11.7. The first-order valence-electron chi connectivity index (χ1n) is 6.56. The molecule has 0 bridgehead atoms. The number of methoxy groups -OCH3 is 1. The number of carbonyl (C=O) groups excluding carboxylic acids is 1. The molecule has 0 saturated heterocycles. The highest BCUT2D eigenvalue weighted by molar-refractivity contribution is 7.85. The summed E-state index contributed by atoms with van der Waals surface area (Å²) in [7, 11) is 0.420. The second-order valence-corrected chi connectivity index (χ2v) is 5.96. The summed E-state index contributed by atoms with van der Waals surface area (Å²) < 4.78 is 17.1. The highest BCUT2D eigenvalue weighted by atomic mass is 32.2. The number of hydrogen-bond donors (Lipinski definition) is 1. The van der Waals surface area contributed by atoms with Crippen molar-refractivity contribution in [2.24, 2.45) is 0 Å². The second-order valence-electron chi connectivity index (χ2n) is 4.39. The Hall–Kier alpha value is -2.14. The van der Waals surface area contributed by atoms with Gasteiger partial charge < -0.3 is 10.1 Å². The predicted octanol–water partition coefficient (Wildman–Crippen LogP) is 2.83. The van der Waals surface area contributed by atoms with E-state index in [4.69, 9.17) is 4.74 Å². The monoisotopic (exact) mass is 303 g/mol. The van der Waals surface area contributed by atoms with Gasteiger partial charge in [0.2, 0.25) is 5.91 Å². The Labute approximate surface area is 126 Å². The first-order chi connectivity index (χ1) is 10.2. The van der Waals surface area contributed by atoms with Crippen LogP contribution < -0.4 is 10.1 Å². The van der Waals surface area contributed by atoms with E-state index < -0.39 is 10.8 Å². The Morgan fingerprint density at radius 3 is 2.62 bits per heavy atom. The minimum atomic E-state index is -1.15. The van der Waals surface area contributed by atoms with Gasteiger partial charge in [0.1, 0.15) is 5.75 Å². The molecule has 0 spiro atoms. The third kappa shape index (κ3) is 4.72. The van der Waals surface area contributed by atoms with Gasteiger partial charge in [0.25, 0.3) is 0 Å². The Bertz CT molecular complexity index is 628. The summed E-state index contributed by atoms with van der Waals surface area (Å²) in [5.74, 6) is 0.827. The molecule has 0 aliphatic rings. The maximum atomic E-state index is 12.0. The van der Waals surface area contributed by atoms with Crippen molar-refractivity contribution in [3.63, 3.8) is 0 Å². The zero-order valence-corrected chi connectivity index (χ0v) is 12.6. The number of benzene rings is 2. The summed E-state index contributed by atoms with van der Waals surface area (Å²) in [6, 6.07) is 16.3. The van der Waals surface area contributed by atoms with Crippen LogP contribution in [-0.4, -0.2) is 23.0 Å². The van der Waals surface area contributed by atoms with Crippen LogP contribution >= 0.6 is 0 Å². The number of anilines is 1. The van der Waals surface area contributed by atoms with Crippen molar-refractivity contribution in [1.82, 2.24) is 0 Å². The van der Waals surface area contributed by atoms with Crippen LogP contribution in [0, 0.1) is 0 Å². The fourth-order valence-corrected chi connectivity index (χ4v) is 2.87. The van der Waals surface area contributed by atoms with Crippen molar-refractivity contribution in [2.75, 3.05) is 18.2 Å². The molecular weight excluding hydrogens is 286 g/mol. The van der Waals surface area contributed by atoms with Gasteiger partial charge in [-0.3, -0.25) is 9.00 Å². The third-order valence-electron chi connectivity index (χ3n) is 2.87. The highest BCUT2D eigenvalue weighted by Gasteiger charge is 2.08. The fraction of sp³-hybridized carbons (Fsp3) is 0.188.